The van der Waals surface area contributed by atoms with Crippen molar-refractivity contribution < 1.29 is 9.59 Å². The molecule has 0 saturated heterocycles. The van der Waals surface area contributed by atoms with Gasteiger partial charge in [0.25, 0.3) is 0 Å². The van der Waals surface area contributed by atoms with Gasteiger partial charge in [-0.25, -0.2) is 0 Å². The van der Waals surface area contributed by atoms with Gasteiger partial charge in [-0.2, -0.15) is 0 Å². The van der Waals surface area contributed by atoms with Gasteiger partial charge in [0, 0.05) is 24.4 Å². The molecule has 0 aromatic heterocycles. The van der Waals surface area contributed by atoms with Gasteiger partial charge in [-0.1, -0.05) is 61.0 Å². The Morgan fingerprint density at radius 2 is 1.75 bits per heavy atom. The molecule has 0 aliphatic carbocycles. The van der Waals surface area contributed by atoms with E-state index < -0.39 is 6.04 Å². The summed E-state index contributed by atoms with van der Waals surface area (Å²) in [4.78, 5) is 27.0. The molecule has 1 N–H and O–H groups in total. The molecule has 0 bridgehead atoms. The average molecular weight is 419 g/mol. The van der Waals surface area contributed by atoms with Gasteiger partial charge < -0.3 is 10.2 Å². The van der Waals surface area contributed by atoms with Crippen molar-refractivity contribution in [3.8, 4) is 0 Å². The first-order valence-corrected chi connectivity index (χ1v) is 11.0. The third kappa shape index (κ3) is 6.88. The summed E-state index contributed by atoms with van der Waals surface area (Å²) < 4.78 is 0. The van der Waals surface area contributed by atoms with E-state index in [2.05, 4.69) is 5.32 Å². The van der Waals surface area contributed by atoms with Crippen molar-refractivity contribution in [1.29, 1.82) is 0 Å². The molecule has 4 nitrogen and oxygen atoms in total. The number of carbonyl (C=O) groups is 2. The molecule has 0 spiro atoms. The largest absolute Gasteiger partial charge is 0.357 e. The quantitative estimate of drug-likeness (QED) is 0.630. The number of hydrogen-bond donors (Lipinski definition) is 1. The lowest BCUT2D eigenvalue weighted by molar-refractivity contribution is -0.138. The van der Waals surface area contributed by atoms with Crippen molar-refractivity contribution in [3.05, 3.63) is 70.7 Å². The van der Waals surface area contributed by atoms with Gasteiger partial charge in [-0.05, 0) is 36.1 Å². The predicted molar refractivity (Wildman–Crippen MR) is 118 cm³/mol. The fourth-order valence-electron chi connectivity index (χ4n) is 2.98. The van der Waals surface area contributed by atoms with Crippen LogP contribution in [0.4, 0.5) is 0 Å². The summed E-state index contributed by atoms with van der Waals surface area (Å²) in [7, 11) is 1.61. The lowest BCUT2D eigenvalue weighted by Crippen LogP contribution is -2.50. The van der Waals surface area contributed by atoms with E-state index in [1.165, 1.54) is 0 Å². The number of nitrogens with zero attached hydrogens (tertiary/aromatic N) is 1. The van der Waals surface area contributed by atoms with Crippen LogP contribution in [0.3, 0.4) is 0 Å². The van der Waals surface area contributed by atoms with Crippen LogP contribution in [0.1, 0.15) is 24.5 Å². The number of benzene rings is 2. The van der Waals surface area contributed by atoms with Gasteiger partial charge in [0.05, 0.1) is 5.75 Å². The molecule has 2 rings (SSSR count). The molecule has 0 unspecified atom stereocenters. The first-order chi connectivity index (χ1) is 13.5. The van der Waals surface area contributed by atoms with Crippen molar-refractivity contribution in [2.45, 2.75) is 31.6 Å². The molecule has 28 heavy (non-hydrogen) atoms. The van der Waals surface area contributed by atoms with Crippen LogP contribution in [0.2, 0.25) is 5.02 Å². The number of nitrogens with one attached hydrogen (secondary N) is 1. The summed E-state index contributed by atoms with van der Waals surface area (Å²) in [6.45, 7) is 2.46. The van der Waals surface area contributed by atoms with Crippen molar-refractivity contribution in [2.75, 3.05) is 19.3 Å². The zero-order valence-electron chi connectivity index (χ0n) is 16.4. The third-order valence-corrected chi connectivity index (χ3v) is 5.76. The minimum absolute atomic E-state index is 0.00894. The highest BCUT2D eigenvalue weighted by Gasteiger charge is 2.27. The molecule has 0 radical (unpaired) electrons. The van der Waals surface area contributed by atoms with E-state index in [1.54, 1.807) is 23.7 Å². The number of carbonyl (C=O) groups excluding carboxylic acids is 2. The Bertz CT molecular complexity index is 753. The van der Waals surface area contributed by atoms with Crippen LogP contribution in [0.25, 0.3) is 0 Å². The summed E-state index contributed by atoms with van der Waals surface area (Å²) in [6.07, 6.45) is 1.31. The van der Waals surface area contributed by atoms with Gasteiger partial charge in [-0.15, -0.1) is 11.8 Å². The molecule has 2 aromatic rings. The van der Waals surface area contributed by atoms with Crippen molar-refractivity contribution in [1.82, 2.24) is 10.2 Å². The van der Waals surface area contributed by atoms with Crippen LogP contribution >= 0.6 is 23.4 Å². The standard InChI is InChI=1S/C22H27ClN2O2S/c1-3-20(22(27)24-2)25(14-13-17-7-5-4-6-8-17)21(26)16-28-15-18-9-11-19(23)12-10-18/h4-12,20H,3,13-16H2,1-2H3,(H,24,27)/t20-/m1/s1. The van der Waals surface area contributed by atoms with Gasteiger partial charge in [-0.3, -0.25) is 9.59 Å². The van der Waals surface area contributed by atoms with E-state index >= 15 is 0 Å². The molecular weight excluding hydrogens is 392 g/mol. The lowest BCUT2D eigenvalue weighted by atomic mass is 10.1. The summed E-state index contributed by atoms with van der Waals surface area (Å²) in [5.41, 5.74) is 2.28. The Hall–Kier alpha value is -1.98. The molecule has 0 aliphatic heterocycles. The Labute approximate surface area is 176 Å². The van der Waals surface area contributed by atoms with Crippen molar-refractivity contribution in [3.63, 3.8) is 0 Å². The topological polar surface area (TPSA) is 49.4 Å². The second-order valence-corrected chi connectivity index (χ2v) is 7.90. The summed E-state index contributed by atoms with van der Waals surface area (Å²) in [5, 5.41) is 3.39. The molecule has 2 amide bonds. The van der Waals surface area contributed by atoms with Crippen LogP contribution in [0.5, 0.6) is 0 Å². The van der Waals surface area contributed by atoms with Crippen LogP contribution in [-0.4, -0.2) is 42.1 Å². The minimum atomic E-state index is -0.447. The number of thioether (sulfide) groups is 1. The van der Waals surface area contributed by atoms with Crippen molar-refractivity contribution >= 4 is 35.2 Å². The Balaban J connectivity index is 2.00. The molecule has 1 atom stereocenters. The van der Waals surface area contributed by atoms with Crippen LogP contribution in [-0.2, 0) is 21.8 Å². The maximum Gasteiger partial charge on any atom is 0.242 e. The lowest BCUT2D eigenvalue weighted by Gasteiger charge is -2.30. The second-order valence-electron chi connectivity index (χ2n) is 6.48. The van der Waals surface area contributed by atoms with E-state index in [4.69, 9.17) is 11.6 Å². The van der Waals surface area contributed by atoms with Gasteiger partial charge in [0.1, 0.15) is 6.04 Å². The highest BCUT2D eigenvalue weighted by molar-refractivity contribution is 7.99. The van der Waals surface area contributed by atoms with Crippen LogP contribution in [0, 0.1) is 0 Å². The van der Waals surface area contributed by atoms with Gasteiger partial charge in [0.2, 0.25) is 11.8 Å². The van der Waals surface area contributed by atoms with E-state index in [9.17, 15) is 9.59 Å². The fourth-order valence-corrected chi connectivity index (χ4v) is 3.98. The SMILES string of the molecule is CC[C@H](C(=O)NC)N(CCc1ccccc1)C(=O)CSCc1ccc(Cl)cc1. The average Bonchev–Trinajstić information content (AvgIpc) is 2.72. The fraction of sp³-hybridized carbons (Fsp3) is 0.364. The van der Waals surface area contributed by atoms with E-state index in [0.29, 0.717) is 23.7 Å². The maximum absolute atomic E-state index is 12.9. The molecule has 6 heteroatoms. The summed E-state index contributed by atoms with van der Waals surface area (Å²) in [5.74, 6) is 0.939. The highest BCUT2D eigenvalue weighted by atomic mass is 35.5. The Kier molecular flexibility index (Phi) is 9.38. The Morgan fingerprint density at radius 3 is 2.36 bits per heavy atom. The summed E-state index contributed by atoms with van der Waals surface area (Å²) >= 11 is 7.46. The number of amides is 2. The molecule has 150 valence electrons. The van der Waals surface area contributed by atoms with E-state index in [-0.39, 0.29) is 11.8 Å². The first-order valence-electron chi connectivity index (χ1n) is 9.42. The minimum Gasteiger partial charge on any atom is -0.357 e. The zero-order chi connectivity index (χ0) is 20.4. The smallest absolute Gasteiger partial charge is 0.242 e. The number of halogens is 1. The van der Waals surface area contributed by atoms with Crippen LogP contribution in [0.15, 0.2) is 54.6 Å². The molecule has 0 saturated carbocycles. The second kappa shape index (κ2) is 11.8. The normalized spacial score (nSPS) is 11.7. The molecule has 0 heterocycles. The van der Waals surface area contributed by atoms with Crippen LogP contribution < -0.4 is 5.32 Å². The maximum atomic E-state index is 12.9. The monoisotopic (exact) mass is 418 g/mol. The summed E-state index contributed by atoms with van der Waals surface area (Å²) in [6, 6.07) is 17.2. The third-order valence-electron chi connectivity index (χ3n) is 4.52. The molecule has 0 fully saturated rings. The van der Waals surface area contributed by atoms with Crippen molar-refractivity contribution in [2.24, 2.45) is 0 Å². The number of hydrogen-bond acceptors (Lipinski definition) is 3. The van der Waals surface area contributed by atoms with Gasteiger partial charge >= 0.3 is 0 Å². The Morgan fingerprint density at radius 1 is 1.07 bits per heavy atom. The zero-order valence-corrected chi connectivity index (χ0v) is 17.9. The molecule has 0 aliphatic rings. The van der Waals surface area contributed by atoms with Gasteiger partial charge in [0.15, 0.2) is 0 Å². The molecular formula is C22H27ClN2O2S. The first kappa shape index (κ1) is 22.3. The van der Waals surface area contributed by atoms with E-state index in [1.807, 2.05) is 61.5 Å². The highest BCUT2D eigenvalue weighted by Crippen LogP contribution is 2.17. The number of rotatable bonds is 10. The number of likely N-dealkylation sites (N-methyl/N-ethyl adjacent to an activating group) is 1. The molecule has 2 aromatic carbocycles. The predicted octanol–water partition coefficient (Wildman–Crippen LogP) is 4.17. The van der Waals surface area contributed by atoms with E-state index in [0.717, 1.165) is 23.3 Å².